The number of rotatable bonds is 5. The summed E-state index contributed by atoms with van der Waals surface area (Å²) in [5, 5.41) is 6.49. The van der Waals surface area contributed by atoms with Crippen LogP contribution in [0.3, 0.4) is 0 Å². The van der Waals surface area contributed by atoms with E-state index in [4.69, 9.17) is 9.47 Å². The lowest BCUT2D eigenvalue weighted by Crippen LogP contribution is -2.47. The lowest BCUT2D eigenvalue weighted by atomic mass is 10.00. The summed E-state index contributed by atoms with van der Waals surface area (Å²) in [5.41, 5.74) is 0.794. The normalized spacial score (nSPS) is 20.7. The Morgan fingerprint density at radius 2 is 1.95 bits per heavy atom. The Labute approximate surface area is 138 Å². The fourth-order valence-electron chi connectivity index (χ4n) is 2.80. The van der Waals surface area contributed by atoms with E-state index in [2.05, 4.69) is 17.6 Å². The van der Waals surface area contributed by atoms with Gasteiger partial charge < -0.3 is 20.1 Å². The highest BCUT2D eigenvalue weighted by Crippen LogP contribution is 2.28. The molecule has 1 fully saturated rings. The zero-order valence-corrected chi connectivity index (χ0v) is 14.2. The molecule has 1 aromatic rings. The molecule has 1 aliphatic rings. The molecular weight excluding hydrogens is 304 g/mol. The third kappa shape index (κ3) is 4.78. The maximum Gasteiger partial charge on any atom is 0.224 e. The van der Waals surface area contributed by atoms with E-state index in [1.165, 1.54) is 0 Å². The van der Waals surface area contributed by atoms with E-state index in [9.17, 15) is 4.79 Å². The van der Waals surface area contributed by atoms with E-state index in [0.29, 0.717) is 17.5 Å². The number of carbonyl (C=O) groups excluding carboxylic acids is 1. The molecule has 0 aliphatic carbocycles. The van der Waals surface area contributed by atoms with Gasteiger partial charge in [-0.15, -0.1) is 12.4 Å². The molecule has 6 heteroatoms. The number of carbonyl (C=O) groups is 1. The monoisotopic (exact) mass is 328 g/mol. The molecule has 0 radical (unpaired) electrons. The van der Waals surface area contributed by atoms with Gasteiger partial charge in [-0.25, -0.2) is 0 Å². The number of benzene rings is 1. The third-order valence-corrected chi connectivity index (χ3v) is 3.86. The van der Waals surface area contributed by atoms with Crippen molar-refractivity contribution in [3.8, 4) is 11.5 Å². The first kappa shape index (κ1) is 18.6. The standard InChI is InChI=1S/C16H24N2O3.ClH/c1-11-9-12(7-8-17-11)18-16(19)10-13-14(20-2)5-4-6-15(13)21-3;/h4-6,11-12,17H,7-10H2,1-3H3,(H,18,19);1H. The fourth-order valence-corrected chi connectivity index (χ4v) is 2.80. The molecule has 2 N–H and O–H groups in total. The van der Waals surface area contributed by atoms with Crippen LogP contribution in [0.25, 0.3) is 0 Å². The van der Waals surface area contributed by atoms with Crippen molar-refractivity contribution in [1.82, 2.24) is 10.6 Å². The van der Waals surface area contributed by atoms with Crippen molar-refractivity contribution in [3.63, 3.8) is 0 Å². The Morgan fingerprint density at radius 1 is 1.32 bits per heavy atom. The molecular formula is C16H25ClN2O3. The topological polar surface area (TPSA) is 59.6 Å². The van der Waals surface area contributed by atoms with Crippen molar-refractivity contribution in [2.45, 2.75) is 38.3 Å². The predicted molar refractivity (Wildman–Crippen MR) is 89.1 cm³/mol. The Hall–Kier alpha value is -1.46. The molecule has 1 amide bonds. The highest BCUT2D eigenvalue weighted by molar-refractivity contribution is 5.85. The number of ether oxygens (including phenoxy) is 2. The molecule has 2 rings (SSSR count). The van der Waals surface area contributed by atoms with Crippen LogP contribution >= 0.6 is 12.4 Å². The minimum absolute atomic E-state index is 0. The lowest BCUT2D eigenvalue weighted by molar-refractivity contribution is -0.121. The molecule has 0 bridgehead atoms. The van der Waals surface area contributed by atoms with E-state index >= 15 is 0 Å². The molecule has 2 atom stereocenters. The highest BCUT2D eigenvalue weighted by Gasteiger charge is 2.21. The molecule has 0 saturated carbocycles. The van der Waals surface area contributed by atoms with Gasteiger partial charge in [0.1, 0.15) is 11.5 Å². The fraction of sp³-hybridized carbons (Fsp3) is 0.562. The molecule has 1 saturated heterocycles. The van der Waals surface area contributed by atoms with Gasteiger partial charge in [-0.2, -0.15) is 0 Å². The van der Waals surface area contributed by atoms with Gasteiger partial charge in [-0.05, 0) is 38.4 Å². The predicted octanol–water partition coefficient (Wildman–Crippen LogP) is 1.92. The first-order chi connectivity index (χ1) is 10.1. The van der Waals surface area contributed by atoms with Gasteiger partial charge in [-0.1, -0.05) is 6.07 Å². The van der Waals surface area contributed by atoms with Crippen molar-refractivity contribution >= 4 is 18.3 Å². The van der Waals surface area contributed by atoms with E-state index in [1.807, 2.05) is 18.2 Å². The van der Waals surface area contributed by atoms with Crippen LogP contribution < -0.4 is 20.1 Å². The van der Waals surface area contributed by atoms with Crippen LogP contribution in [-0.2, 0) is 11.2 Å². The number of halogens is 1. The molecule has 1 aliphatic heterocycles. The number of amides is 1. The average molecular weight is 329 g/mol. The summed E-state index contributed by atoms with van der Waals surface area (Å²) in [6, 6.07) is 6.24. The summed E-state index contributed by atoms with van der Waals surface area (Å²) in [7, 11) is 3.20. The Morgan fingerprint density at radius 3 is 2.50 bits per heavy atom. The van der Waals surface area contributed by atoms with Crippen molar-refractivity contribution < 1.29 is 14.3 Å². The van der Waals surface area contributed by atoms with Gasteiger partial charge in [-0.3, -0.25) is 4.79 Å². The molecule has 1 heterocycles. The second-order valence-corrected chi connectivity index (χ2v) is 5.46. The summed E-state index contributed by atoms with van der Waals surface area (Å²) in [6.45, 7) is 3.09. The quantitative estimate of drug-likeness (QED) is 0.867. The van der Waals surface area contributed by atoms with Crippen LogP contribution in [0, 0.1) is 0 Å². The minimum atomic E-state index is 0. The first-order valence-corrected chi connectivity index (χ1v) is 7.36. The van der Waals surface area contributed by atoms with Crippen LogP contribution in [0.5, 0.6) is 11.5 Å². The highest BCUT2D eigenvalue weighted by atomic mass is 35.5. The summed E-state index contributed by atoms with van der Waals surface area (Å²) in [6.07, 6.45) is 2.21. The number of piperidine rings is 1. The van der Waals surface area contributed by atoms with E-state index in [1.54, 1.807) is 14.2 Å². The van der Waals surface area contributed by atoms with Crippen LogP contribution in [-0.4, -0.2) is 38.8 Å². The average Bonchev–Trinajstić information content (AvgIpc) is 2.47. The van der Waals surface area contributed by atoms with Gasteiger partial charge in [0.25, 0.3) is 0 Å². The summed E-state index contributed by atoms with van der Waals surface area (Å²) < 4.78 is 10.7. The van der Waals surface area contributed by atoms with Crippen molar-refractivity contribution in [1.29, 1.82) is 0 Å². The van der Waals surface area contributed by atoms with Gasteiger partial charge in [0.2, 0.25) is 5.91 Å². The van der Waals surface area contributed by atoms with Crippen LogP contribution in [0.15, 0.2) is 18.2 Å². The van der Waals surface area contributed by atoms with Gasteiger partial charge in [0.15, 0.2) is 0 Å². The first-order valence-electron chi connectivity index (χ1n) is 7.36. The zero-order valence-electron chi connectivity index (χ0n) is 13.3. The van der Waals surface area contributed by atoms with Crippen molar-refractivity contribution in [2.75, 3.05) is 20.8 Å². The third-order valence-electron chi connectivity index (χ3n) is 3.86. The summed E-state index contributed by atoms with van der Waals surface area (Å²) in [5.74, 6) is 1.38. The second kappa shape index (κ2) is 8.86. The molecule has 124 valence electrons. The lowest BCUT2D eigenvalue weighted by Gasteiger charge is -2.28. The summed E-state index contributed by atoms with van der Waals surface area (Å²) in [4.78, 5) is 12.3. The van der Waals surface area contributed by atoms with Crippen LogP contribution in [0.1, 0.15) is 25.3 Å². The van der Waals surface area contributed by atoms with E-state index in [-0.39, 0.29) is 30.8 Å². The largest absolute Gasteiger partial charge is 0.496 e. The number of hydrogen-bond acceptors (Lipinski definition) is 4. The van der Waals surface area contributed by atoms with Crippen LogP contribution in [0.2, 0.25) is 0 Å². The molecule has 5 nitrogen and oxygen atoms in total. The summed E-state index contributed by atoms with van der Waals surface area (Å²) >= 11 is 0. The van der Waals surface area contributed by atoms with E-state index in [0.717, 1.165) is 24.9 Å². The molecule has 2 unspecified atom stereocenters. The number of nitrogens with one attached hydrogen (secondary N) is 2. The molecule has 0 aromatic heterocycles. The molecule has 1 aromatic carbocycles. The number of hydrogen-bond donors (Lipinski definition) is 2. The molecule has 0 spiro atoms. The van der Waals surface area contributed by atoms with Crippen molar-refractivity contribution in [3.05, 3.63) is 23.8 Å². The van der Waals surface area contributed by atoms with Gasteiger partial charge in [0.05, 0.1) is 20.6 Å². The second-order valence-electron chi connectivity index (χ2n) is 5.46. The smallest absolute Gasteiger partial charge is 0.224 e. The van der Waals surface area contributed by atoms with E-state index < -0.39 is 0 Å². The Balaban J connectivity index is 0.00000242. The maximum absolute atomic E-state index is 12.3. The number of methoxy groups -OCH3 is 2. The van der Waals surface area contributed by atoms with Gasteiger partial charge in [0, 0.05) is 17.6 Å². The Bertz CT molecular complexity index is 474. The molecule has 22 heavy (non-hydrogen) atoms. The Kier molecular flexibility index (Phi) is 7.48. The van der Waals surface area contributed by atoms with Crippen LogP contribution in [0.4, 0.5) is 0 Å². The van der Waals surface area contributed by atoms with Crippen molar-refractivity contribution in [2.24, 2.45) is 0 Å². The SMILES string of the molecule is COc1cccc(OC)c1CC(=O)NC1CCNC(C)C1.Cl. The van der Waals surface area contributed by atoms with Gasteiger partial charge >= 0.3 is 0 Å². The maximum atomic E-state index is 12.3. The zero-order chi connectivity index (χ0) is 15.2. The minimum Gasteiger partial charge on any atom is -0.496 e.